The van der Waals surface area contributed by atoms with E-state index in [0.29, 0.717) is 36.8 Å². The molecule has 3 aliphatic heterocycles. The Bertz CT molecular complexity index is 1270. The zero-order valence-electron chi connectivity index (χ0n) is 22.9. The molecule has 38 heavy (non-hydrogen) atoms. The zero-order chi connectivity index (χ0) is 27.2. The number of nitrogens with one attached hydrogen (secondary N) is 1. The smallest absolute Gasteiger partial charge is 0.255 e. The molecule has 2 unspecified atom stereocenters. The predicted octanol–water partition coefficient (Wildman–Crippen LogP) is -3.34. The largest absolute Gasteiger partial charge is 0.489 e. The summed E-state index contributed by atoms with van der Waals surface area (Å²) >= 11 is 0. The second-order valence-electron chi connectivity index (χ2n) is 11.8. The first-order chi connectivity index (χ1) is 17.9. The minimum atomic E-state index is -0.640. The minimum Gasteiger partial charge on any atom is -0.489 e. The summed E-state index contributed by atoms with van der Waals surface area (Å²) in [7, 11) is 10.8. The number of nitrogens with zero attached hydrogens (tertiary/aromatic N) is 2. The Kier molecular flexibility index (Phi) is 7.03. The number of benzene rings is 2. The second-order valence-corrected chi connectivity index (χ2v) is 11.8. The SMILES string of the molecule is BC1N(Cc2ccc(COc3cccc4c3CN(C3CCC(=O)NC3=O)C4=O)cc2)CC(B)(B)OC1(B)B. The molecular weight excluding hydrogens is 476 g/mol. The number of hydrogen-bond donors (Lipinski definition) is 1. The average molecular weight is 509 g/mol. The first-order valence-electron chi connectivity index (χ1n) is 13.3. The van der Waals surface area contributed by atoms with Crippen molar-refractivity contribution >= 4 is 57.0 Å². The van der Waals surface area contributed by atoms with E-state index < -0.39 is 11.9 Å². The van der Waals surface area contributed by atoms with Gasteiger partial charge in [0.15, 0.2) is 0 Å². The molecule has 2 aromatic rings. The molecule has 0 aromatic heterocycles. The molecule has 2 fully saturated rings. The Morgan fingerprint density at radius 2 is 1.74 bits per heavy atom. The fourth-order valence-electron chi connectivity index (χ4n) is 5.92. The number of ether oxygens (including phenoxy) is 2. The van der Waals surface area contributed by atoms with Crippen LogP contribution in [0.1, 0.15) is 39.9 Å². The first kappa shape index (κ1) is 26.7. The number of rotatable bonds is 6. The Labute approximate surface area is 228 Å². The van der Waals surface area contributed by atoms with Gasteiger partial charge < -0.3 is 19.3 Å². The highest BCUT2D eigenvalue weighted by atomic mass is 16.5. The van der Waals surface area contributed by atoms with Gasteiger partial charge in [-0.15, -0.1) is 0 Å². The van der Waals surface area contributed by atoms with E-state index in [2.05, 4.69) is 73.7 Å². The number of carbonyl (C=O) groups is 3. The fourth-order valence-corrected chi connectivity index (χ4v) is 5.92. The van der Waals surface area contributed by atoms with E-state index in [1.165, 1.54) is 5.56 Å². The quantitative estimate of drug-likeness (QED) is 0.324. The number of fused-ring (bicyclic) bond motifs is 1. The predicted molar refractivity (Wildman–Crippen MR) is 157 cm³/mol. The second kappa shape index (κ2) is 10.0. The minimum absolute atomic E-state index is 0.199. The molecule has 0 spiro atoms. The van der Waals surface area contributed by atoms with Gasteiger partial charge in [0.05, 0.1) is 6.54 Å². The van der Waals surface area contributed by atoms with Crippen molar-refractivity contribution in [1.82, 2.24) is 15.1 Å². The van der Waals surface area contributed by atoms with Crippen LogP contribution in [0.4, 0.5) is 0 Å². The van der Waals surface area contributed by atoms with E-state index in [0.717, 1.165) is 24.2 Å². The third kappa shape index (κ3) is 5.31. The Hall–Kier alpha value is -2.91. The van der Waals surface area contributed by atoms with Crippen molar-refractivity contribution in [1.29, 1.82) is 0 Å². The van der Waals surface area contributed by atoms with Crippen LogP contribution >= 0.6 is 0 Å². The van der Waals surface area contributed by atoms with Crippen molar-refractivity contribution in [2.75, 3.05) is 6.54 Å². The van der Waals surface area contributed by atoms with E-state index in [1.807, 2.05) is 6.07 Å². The number of imide groups is 1. The number of hydrogen-bond acceptors (Lipinski definition) is 6. The topological polar surface area (TPSA) is 88.2 Å². The molecule has 0 saturated carbocycles. The van der Waals surface area contributed by atoms with Gasteiger partial charge in [0.1, 0.15) is 57.6 Å². The van der Waals surface area contributed by atoms with Crippen LogP contribution in [0.15, 0.2) is 42.5 Å². The molecule has 3 amide bonds. The normalized spacial score (nSPS) is 24.6. The highest BCUT2D eigenvalue weighted by molar-refractivity contribution is 6.45. The molecule has 192 valence electrons. The third-order valence-corrected chi connectivity index (χ3v) is 8.02. The van der Waals surface area contributed by atoms with Crippen molar-refractivity contribution in [3.63, 3.8) is 0 Å². The van der Waals surface area contributed by atoms with Crippen LogP contribution in [0.5, 0.6) is 5.75 Å². The van der Waals surface area contributed by atoms with Crippen molar-refractivity contribution in [3.8, 4) is 5.75 Å². The lowest BCUT2D eigenvalue weighted by Gasteiger charge is -2.53. The number of amides is 3. The van der Waals surface area contributed by atoms with Gasteiger partial charge in [-0.2, -0.15) is 0 Å². The molecule has 1 N–H and O–H groups in total. The summed E-state index contributed by atoms with van der Waals surface area (Å²) in [5.41, 5.74) is 3.60. The van der Waals surface area contributed by atoms with Gasteiger partial charge in [-0.25, -0.2) is 0 Å². The van der Waals surface area contributed by atoms with Crippen LogP contribution in [0.25, 0.3) is 0 Å². The maximum atomic E-state index is 13.0. The monoisotopic (exact) mass is 509 g/mol. The van der Waals surface area contributed by atoms with E-state index in [1.54, 1.807) is 17.0 Å². The van der Waals surface area contributed by atoms with Gasteiger partial charge in [0.25, 0.3) is 5.91 Å². The maximum absolute atomic E-state index is 13.0. The van der Waals surface area contributed by atoms with E-state index in [9.17, 15) is 14.4 Å². The number of morpholine rings is 1. The van der Waals surface area contributed by atoms with E-state index in [-0.39, 0.29) is 29.0 Å². The molecule has 13 heteroatoms. The lowest BCUT2D eigenvalue weighted by atomic mass is 9.51. The van der Waals surface area contributed by atoms with Crippen molar-refractivity contribution in [3.05, 3.63) is 64.7 Å². The Balaban J connectivity index is 1.23. The Morgan fingerprint density at radius 3 is 2.45 bits per heavy atom. The van der Waals surface area contributed by atoms with Gasteiger partial charge in [-0.3, -0.25) is 19.7 Å². The molecule has 8 nitrogen and oxygen atoms in total. The molecule has 3 aliphatic rings. The van der Waals surface area contributed by atoms with Crippen molar-refractivity contribution in [2.24, 2.45) is 0 Å². The summed E-state index contributed by atoms with van der Waals surface area (Å²) in [6.45, 7) is 2.39. The summed E-state index contributed by atoms with van der Waals surface area (Å²) in [6.07, 6.45) is 0.570. The molecule has 2 saturated heterocycles. The fraction of sp³-hybridized carbons (Fsp3) is 0.400. The Morgan fingerprint density at radius 1 is 1.03 bits per heavy atom. The van der Waals surface area contributed by atoms with Gasteiger partial charge in [-0.1, -0.05) is 30.3 Å². The summed E-state index contributed by atoms with van der Waals surface area (Å²) < 4.78 is 12.5. The molecule has 2 atom stereocenters. The highest BCUT2D eigenvalue weighted by Gasteiger charge is 2.43. The van der Waals surface area contributed by atoms with Crippen molar-refractivity contribution in [2.45, 2.75) is 55.3 Å². The average Bonchev–Trinajstić information content (AvgIpc) is 3.18. The standard InChI is InChI=1S/C25H32B5N3O5/c26-23-25(29,30)38-24(27,28)13-32(23)10-14-4-6-15(7-5-14)12-37-19-3-1-2-16-17(19)11-33(22(16)36)18-8-9-20(34)31-21(18)35/h1-7,18,23H,8-13,26-30H2,(H,31,34,35). The maximum Gasteiger partial charge on any atom is 0.255 e. The van der Waals surface area contributed by atoms with Crippen LogP contribution in [0, 0.1) is 0 Å². The summed E-state index contributed by atoms with van der Waals surface area (Å²) in [4.78, 5) is 41.0. The summed E-state index contributed by atoms with van der Waals surface area (Å²) in [5, 5.41) is 1.92. The summed E-state index contributed by atoms with van der Waals surface area (Å²) in [6, 6.07) is 13.2. The van der Waals surface area contributed by atoms with Crippen LogP contribution < -0.4 is 10.1 Å². The van der Waals surface area contributed by atoms with Gasteiger partial charge >= 0.3 is 0 Å². The first-order valence-corrected chi connectivity index (χ1v) is 13.3. The molecule has 3 heterocycles. The number of piperidine rings is 1. The molecule has 0 bridgehead atoms. The van der Waals surface area contributed by atoms with Crippen LogP contribution in [0.3, 0.4) is 0 Å². The van der Waals surface area contributed by atoms with E-state index >= 15 is 0 Å². The molecule has 0 radical (unpaired) electrons. The summed E-state index contributed by atoms with van der Waals surface area (Å²) in [5.74, 6) is 0.0247. The van der Waals surface area contributed by atoms with Crippen molar-refractivity contribution < 1.29 is 23.9 Å². The molecule has 2 aromatic carbocycles. The molecular formula is C25H32B5N3O5. The van der Waals surface area contributed by atoms with Crippen LogP contribution in [-0.4, -0.2) is 96.1 Å². The van der Waals surface area contributed by atoms with Gasteiger partial charge in [0.2, 0.25) is 11.8 Å². The van der Waals surface area contributed by atoms with Crippen LogP contribution in [0.2, 0.25) is 0 Å². The third-order valence-electron chi connectivity index (χ3n) is 8.02. The van der Waals surface area contributed by atoms with Gasteiger partial charge in [0, 0.05) is 41.4 Å². The molecule has 0 aliphatic carbocycles. The molecule has 5 rings (SSSR count). The lowest BCUT2D eigenvalue weighted by molar-refractivity contribution is -0.136. The lowest BCUT2D eigenvalue weighted by Crippen LogP contribution is -2.68. The number of carbonyl (C=O) groups excluding carboxylic acids is 3. The van der Waals surface area contributed by atoms with Crippen LogP contribution in [-0.2, 0) is 34.0 Å². The highest BCUT2D eigenvalue weighted by Crippen LogP contribution is 2.34. The van der Waals surface area contributed by atoms with Gasteiger partial charge in [-0.05, 0) is 35.6 Å². The zero-order valence-corrected chi connectivity index (χ0v) is 22.9. The van der Waals surface area contributed by atoms with E-state index in [4.69, 9.17) is 9.47 Å².